The Bertz CT molecular complexity index is 1060. The van der Waals surface area contributed by atoms with E-state index < -0.39 is 10.2 Å². The Morgan fingerprint density at radius 3 is 2.50 bits per heavy atom. The van der Waals surface area contributed by atoms with Crippen LogP contribution in [0.1, 0.15) is 41.6 Å². The average molecular weight is 488 g/mol. The predicted molar refractivity (Wildman–Crippen MR) is 130 cm³/mol. The molecule has 2 N–H and O–H groups in total. The third kappa shape index (κ3) is 5.60. The molecule has 4 rings (SSSR count). The minimum Gasteiger partial charge on any atom is -0.496 e. The van der Waals surface area contributed by atoms with E-state index >= 15 is 0 Å². The average Bonchev–Trinajstić information content (AvgIpc) is 3.41. The van der Waals surface area contributed by atoms with E-state index in [-0.39, 0.29) is 17.4 Å². The number of carbonyl (C=O) groups is 1. The van der Waals surface area contributed by atoms with Crippen LogP contribution in [-0.2, 0) is 20.4 Å². The van der Waals surface area contributed by atoms with Crippen molar-refractivity contribution in [2.45, 2.75) is 37.2 Å². The van der Waals surface area contributed by atoms with Crippen molar-refractivity contribution in [1.82, 2.24) is 14.3 Å². The Kier molecular flexibility index (Phi) is 7.88. The first-order chi connectivity index (χ1) is 16.4. The molecule has 34 heavy (non-hydrogen) atoms. The molecule has 1 atom stereocenters. The van der Waals surface area contributed by atoms with Crippen LogP contribution in [-0.4, -0.2) is 64.6 Å². The molecule has 2 aromatic carbocycles. The monoisotopic (exact) mass is 487 g/mol. The number of methoxy groups -OCH3 is 1. The van der Waals surface area contributed by atoms with Gasteiger partial charge in [-0.1, -0.05) is 42.5 Å². The minimum atomic E-state index is -3.59. The Labute approximate surface area is 201 Å². The number of ether oxygens (including phenoxy) is 2. The Balaban J connectivity index is 1.44. The van der Waals surface area contributed by atoms with E-state index in [2.05, 4.69) is 22.2 Å². The third-order valence-electron chi connectivity index (χ3n) is 6.86. The number of para-hydroxylation sites is 1. The maximum absolute atomic E-state index is 13.0. The van der Waals surface area contributed by atoms with Gasteiger partial charge in [0.25, 0.3) is 16.1 Å². The zero-order valence-corrected chi connectivity index (χ0v) is 20.4. The summed E-state index contributed by atoms with van der Waals surface area (Å²) in [7, 11) is -2.04. The fourth-order valence-electron chi connectivity index (χ4n) is 4.79. The van der Waals surface area contributed by atoms with Gasteiger partial charge in [0.2, 0.25) is 0 Å². The lowest BCUT2D eigenvalue weighted by Crippen LogP contribution is -2.53. The highest BCUT2D eigenvalue weighted by Gasteiger charge is 2.40. The summed E-state index contributed by atoms with van der Waals surface area (Å²) in [6.07, 6.45) is 3.00. The third-order valence-corrected chi connectivity index (χ3v) is 8.44. The topological polar surface area (TPSA) is 97.0 Å². The molecular weight excluding hydrogens is 454 g/mol. The van der Waals surface area contributed by atoms with Crippen molar-refractivity contribution < 1.29 is 22.7 Å². The molecular formula is C25H33N3O5S. The second kappa shape index (κ2) is 10.9. The lowest BCUT2D eigenvalue weighted by atomic mass is 9.73. The van der Waals surface area contributed by atoms with E-state index in [9.17, 15) is 13.2 Å². The highest BCUT2D eigenvalue weighted by Crippen LogP contribution is 2.36. The Hall–Kier alpha value is -2.46. The minimum absolute atomic E-state index is 0.0480. The van der Waals surface area contributed by atoms with Crippen molar-refractivity contribution in [1.29, 1.82) is 0 Å². The number of hydrogen-bond acceptors (Lipinski definition) is 5. The summed E-state index contributed by atoms with van der Waals surface area (Å²) in [6.45, 7) is 2.15. The van der Waals surface area contributed by atoms with E-state index in [1.54, 1.807) is 25.3 Å². The lowest BCUT2D eigenvalue weighted by molar-refractivity contribution is 0.0929. The van der Waals surface area contributed by atoms with Gasteiger partial charge in [-0.15, -0.1) is 0 Å². The zero-order chi connectivity index (χ0) is 24.0. The van der Waals surface area contributed by atoms with Crippen LogP contribution < -0.4 is 14.8 Å². The van der Waals surface area contributed by atoms with Crippen LogP contribution >= 0.6 is 0 Å². The normalized spacial score (nSPS) is 20.7. The molecule has 2 aliphatic rings. The number of rotatable bonds is 9. The van der Waals surface area contributed by atoms with Gasteiger partial charge in [0.15, 0.2) is 0 Å². The summed E-state index contributed by atoms with van der Waals surface area (Å²) in [4.78, 5) is 13.0. The highest BCUT2D eigenvalue weighted by molar-refractivity contribution is 7.87. The van der Waals surface area contributed by atoms with E-state index in [1.165, 1.54) is 4.31 Å². The fourth-order valence-corrected chi connectivity index (χ4v) is 6.03. The van der Waals surface area contributed by atoms with Crippen molar-refractivity contribution >= 4 is 16.1 Å². The van der Waals surface area contributed by atoms with Gasteiger partial charge >= 0.3 is 0 Å². The molecule has 2 saturated heterocycles. The largest absolute Gasteiger partial charge is 0.496 e. The van der Waals surface area contributed by atoms with Crippen molar-refractivity contribution in [3.8, 4) is 5.75 Å². The summed E-state index contributed by atoms with van der Waals surface area (Å²) in [5, 5.41) is 3.08. The number of carbonyl (C=O) groups excluding carboxylic acids is 1. The second-order valence-electron chi connectivity index (χ2n) is 8.92. The molecule has 2 fully saturated rings. The molecule has 0 aromatic heterocycles. The number of amides is 1. The van der Waals surface area contributed by atoms with Crippen LogP contribution in [0, 0.1) is 0 Å². The summed E-state index contributed by atoms with van der Waals surface area (Å²) in [5.41, 5.74) is 1.21. The van der Waals surface area contributed by atoms with Gasteiger partial charge in [0, 0.05) is 38.2 Å². The van der Waals surface area contributed by atoms with Gasteiger partial charge in [-0.2, -0.15) is 17.4 Å². The van der Waals surface area contributed by atoms with Gasteiger partial charge < -0.3 is 14.8 Å². The summed E-state index contributed by atoms with van der Waals surface area (Å²) >= 11 is 0. The van der Waals surface area contributed by atoms with Crippen LogP contribution in [0.3, 0.4) is 0 Å². The first-order valence-corrected chi connectivity index (χ1v) is 13.2. The molecule has 184 valence electrons. The van der Waals surface area contributed by atoms with Crippen LogP contribution in [0.4, 0.5) is 0 Å². The van der Waals surface area contributed by atoms with Crippen molar-refractivity contribution in [3.63, 3.8) is 0 Å². The molecule has 9 heteroatoms. The van der Waals surface area contributed by atoms with Crippen molar-refractivity contribution in [3.05, 3.63) is 65.7 Å². The number of hydrogen-bond donors (Lipinski definition) is 2. The molecule has 2 heterocycles. The Morgan fingerprint density at radius 2 is 1.82 bits per heavy atom. The molecule has 8 nitrogen and oxygen atoms in total. The number of nitrogens with zero attached hydrogens (tertiary/aromatic N) is 1. The highest BCUT2D eigenvalue weighted by atomic mass is 32.2. The number of benzene rings is 2. The molecule has 1 amide bonds. The predicted octanol–water partition coefficient (Wildman–Crippen LogP) is 2.47. The maximum atomic E-state index is 13.0. The Morgan fingerprint density at radius 1 is 1.12 bits per heavy atom. The smallest absolute Gasteiger partial charge is 0.279 e. The van der Waals surface area contributed by atoms with Crippen molar-refractivity contribution in [2.24, 2.45) is 0 Å². The van der Waals surface area contributed by atoms with E-state index in [1.807, 2.05) is 24.3 Å². The first-order valence-electron chi connectivity index (χ1n) is 11.8. The van der Waals surface area contributed by atoms with Crippen LogP contribution in [0.5, 0.6) is 5.75 Å². The maximum Gasteiger partial charge on any atom is 0.279 e. The van der Waals surface area contributed by atoms with E-state index in [4.69, 9.17) is 9.47 Å². The number of piperidine rings is 1. The lowest BCUT2D eigenvalue weighted by Gasteiger charge is -2.42. The van der Waals surface area contributed by atoms with Crippen LogP contribution in [0.25, 0.3) is 0 Å². The standard InChI is InChI=1S/C25H33N3O5S/c1-32-23-12-6-5-11-22(23)24(29)26-19-25(20-8-3-2-4-9-20)13-15-28(16-14-25)34(30,31)27-18-21-10-7-17-33-21/h2-6,8-9,11-12,21,27H,7,10,13-19H2,1H3,(H,26,29)/t21-/m1/s1. The SMILES string of the molecule is COc1ccccc1C(=O)NCC1(c2ccccc2)CCN(S(=O)(=O)NC[C@H]2CCCO2)CC1. The van der Waals surface area contributed by atoms with E-state index in [0.717, 1.165) is 18.4 Å². The van der Waals surface area contributed by atoms with Crippen molar-refractivity contribution in [2.75, 3.05) is 39.9 Å². The first kappa shape index (κ1) is 24.7. The van der Waals surface area contributed by atoms with Gasteiger partial charge in [-0.3, -0.25) is 4.79 Å². The van der Waals surface area contributed by atoms with Gasteiger partial charge in [-0.05, 0) is 43.4 Å². The molecule has 0 radical (unpaired) electrons. The van der Waals surface area contributed by atoms with E-state index in [0.29, 0.717) is 56.9 Å². The molecule has 0 aliphatic carbocycles. The number of nitrogens with one attached hydrogen (secondary N) is 2. The molecule has 2 aliphatic heterocycles. The molecule has 0 spiro atoms. The molecule has 2 aromatic rings. The van der Waals surface area contributed by atoms with Gasteiger partial charge in [0.05, 0.1) is 18.8 Å². The van der Waals surface area contributed by atoms with Gasteiger partial charge in [0.1, 0.15) is 5.75 Å². The molecule has 0 saturated carbocycles. The fraction of sp³-hybridized carbons (Fsp3) is 0.480. The van der Waals surface area contributed by atoms with Crippen LogP contribution in [0.2, 0.25) is 0 Å². The second-order valence-corrected chi connectivity index (χ2v) is 10.7. The van der Waals surface area contributed by atoms with Crippen LogP contribution in [0.15, 0.2) is 54.6 Å². The quantitative estimate of drug-likeness (QED) is 0.567. The summed E-state index contributed by atoms with van der Waals surface area (Å²) in [5.74, 6) is 0.313. The summed E-state index contributed by atoms with van der Waals surface area (Å²) in [6, 6.07) is 17.1. The zero-order valence-electron chi connectivity index (χ0n) is 19.5. The molecule has 0 bridgehead atoms. The van der Waals surface area contributed by atoms with Gasteiger partial charge in [-0.25, -0.2) is 0 Å². The molecule has 0 unspecified atom stereocenters. The summed E-state index contributed by atoms with van der Waals surface area (Å²) < 4.78 is 40.9.